The third-order valence-electron chi connectivity index (χ3n) is 4.27. The monoisotopic (exact) mass is 418 g/mol. The minimum absolute atomic E-state index is 0.0448. The van der Waals surface area contributed by atoms with Crippen molar-refractivity contribution in [3.05, 3.63) is 77.2 Å². The maximum absolute atomic E-state index is 12.5. The van der Waals surface area contributed by atoms with Crippen LogP contribution >= 0.6 is 11.6 Å². The molecule has 7 nitrogen and oxygen atoms in total. The molecule has 0 fully saturated rings. The topological polar surface area (TPSA) is 102 Å². The van der Waals surface area contributed by atoms with E-state index in [0.717, 1.165) is 5.56 Å². The molecule has 0 saturated carbocycles. The van der Waals surface area contributed by atoms with Gasteiger partial charge in [0.2, 0.25) is 6.79 Å². The van der Waals surface area contributed by atoms with Gasteiger partial charge in [-0.1, -0.05) is 48.0 Å². The Hall–Kier alpha value is -3.06. The number of carboxylic acids is 1. The molecule has 0 bridgehead atoms. The quantitative estimate of drug-likeness (QED) is 0.498. The van der Waals surface area contributed by atoms with Gasteiger partial charge in [-0.25, -0.2) is 4.79 Å². The maximum atomic E-state index is 12.5. The van der Waals surface area contributed by atoms with E-state index in [9.17, 15) is 19.5 Å². The molecular formula is C21H21ClNO6. The Bertz CT molecular complexity index is 818. The molecule has 0 saturated heterocycles. The number of nitrogens with one attached hydrogen (secondary N) is 1. The highest BCUT2D eigenvalue weighted by molar-refractivity contribution is 6.30. The lowest BCUT2D eigenvalue weighted by Crippen LogP contribution is -2.47. The number of carboxylic acid groups (broad SMARTS) is 1. The van der Waals surface area contributed by atoms with E-state index in [1.807, 2.05) is 0 Å². The van der Waals surface area contributed by atoms with Crippen molar-refractivity contribution in [1.29, 1.82) is 0 Å². The van der Waals surface area contributed by atoms with Crippen molar-refractivity contribution in [2.24, 2.45) is 0 Å². The molecular weight excluding hydrogens is 398 g/mol. The molecule has 0 aliphatic heterocycles. The largest absolute Gasteiger partial charge is 0.481 e. The SMILES string of the molecule is [CH2]c1ccc(C(CCC(=O)O)(NC(=O)OCOC(C)=O)c2ccc(Cl)cc2)cc1. The second-order valence-electron chi connectivity index (χ2n) is 6.31. The molecule has 1 radical (unpaired) electrons. The van der Waals surface area contributed by atoms with Gasteiger partial charge in [0, 0.05) is 18.4 Å². The van der Waals surface area contributed by atoms with Crippen LogP contribution in [0, 0.1) is 6.92 Å². The summed E-state index contributed by atoms with van der Waals surface area (Å²) in [5, 5.41) is 12.5. The van der Waals surface area contributed by atoms with E-state index in [1.165, 1.54) is 6.92 Å². The fourth-order valence-corrected chi connectivity index (χ4v) is 2.98. The van der Waals surface area contributed by atoms with Crippen molar-refractivity contribution in [2.45, 2.75) is 25.3 Å². The average molecular weight is 419 g/mol. The zero-order valence-electron chi connectivity index (χ0n) is 15.8. The minimum Gasteiger partial charge on any atom is -0.481 e. The van der Waals surface area contributed by atoms with Gasteiger partial charge in [0.1, 0.15) is 0 Å². The van der Waals surface area contributed by atoms with Crippen LogP contribution in [0.4, 0.5) is 4.79 Å². The first kappa shape index (κ1) is 22.2. The molecule has 29 heavy (non-hydrogen) atoms. The Morgan fingerprint density at radius 1 is 1.03 bits per heavy atom. The van der Waals surface area contributed by atoms with Crippen LogP contribution in [0.5, 0.6) is 0 Å². The fourth-order valence-electron chi connectivity index (χ4n) is 2.86. The molecule has 2 N–H and O–H groups in total. The van der Waals surface area contributed by atoms with E-state index < -0.39 is 30.4 Å². The maximum Gasteiger partial charge on any atom is 0.411 e. The van der Waals surface area contributed by atoms with Crippen LogP contribution in [0.2, 0.25) is 5.02 Å². The summed E-state index contributed by atoms with van der Waals surface area (Å²) in [5.74, 6) is -1.62. The average Bonchev–Trinajstić information content (AvgIpc) is 2.66. The lowest BCUT2D eigenvalue weighted by Gasteiger charge is -2.35. The van der Waals surface area contributed by atoms with Crippen LogP contribution in [-0.2, 0) is 24.6 Å². The summed E-state index contributed by atoms with van der Waals surface area (Å²) in [7, 11) is 0. The van der Waals surface area contributed by atoms with Crippen molar-refractivity contribution < 1.29 is 29.0 Å². The molecule has 2 aromatic carbocycles. The summed E-state index contributed by atoms with van der Waals surface area (Å²) in [6.07, 6.45) is -1.05. The number of hydrogen-bond acceptors (Lipinski definition) is 5. The molecule has 1 unspecified atom stereocenters. The van der Waals surface area contributed by atoms with E-state index in [2.05, 4.69) is 17.0 Å². The second kappa shape index (κ2) is 9.93. The number of ether oxygens (including phenoxy) is 2. The minimum atomic E-state index is -1.22. The first-order valence-corrected chi connectivity index (χ1v) is 9.09. The molecule has 1 amide bonds. The second-order valence-corrected chi connectivity index (χ2v) is 6.75. The van der Waals surface area contributed by atoms with Gasteiger partial charge in [0.25, 0.3) is 0 Å². The van der Waals surface area contributed by atoms with E-state index >= 15 is 0 Å². The normalized spacial score (nSPS) is 12.5. The molecule has 8 heteroatoms. The summed E-state index contributed by atoms with van der Waals surface area (Å²) in [6, 6.07) is 13.7. The number of alkyl carbamates (subject to hydrolysis) is 1. The van der Waals surface area contributed by atoms with Crippen LogP contribution in [-0.4, -0.2) is 29.9 Å². The molecule has 0 aliphatic carbocycles. The smallest absolute Gasteiger partial charge is 0.411 e. The number of carbonyl (C=O) groups is 3. The molecule has 0 aliphatic rings. The molecule has 2 rings (SSSR count). The number of esters is 1. The Morgan fingerprint density at radius 2 is 1.59 bits per heavy atom. The number of aliphatic carboxylic acids is 1. The van der Waals surface area contributed by atoms with Crippen LogP contribution in [0.25, 0.3) is 0 Å². The van der Waals surface area contributed by atoms with E-state index in [4.69, 9.17) is 16.3 Å². The summed E-state index contributed by atoms with van der Waals surface area (Å²) in [6.45, 7) is 4.47. The van der Waals surface area contributed by atoms with Crippen LogP contribution in [0.1, 0.15) is 36.5 Å². The zero-order valence-corrected chi connectivity index (χ0v) is 16.6. The third-order valence-corrected chi connectivity index (χ3v) is 4.52. The predicted octanol–water partition coefficient (Wildman–Crippen LogP) is 3.88. The van der Waals surface area contributed by atoms with Crippen molar-refractivity contribution in [2.75, 3.05) is 6.79 Å². The summed E-state index contributed by atoms with van der Waals surface area (Å²) in [5.41, 5.74) is 0.793. The Labute approximate surface area is 173 Å². The van der Waals surface area contributed by atoms with Gasteiger partial charge in [-0.05, 0) is 42.2 Å². The molecule has 1 atom stereocenters. The summed E-state index contributed by atoms with van der Waals surface area (Å²) >= 11 is 6.00. The summed E-state index contributed by atoms with van der Waals surface area (Å²) < 4.78 is 9.55. The first-order valence-electron chi connectivity index (χ1n) is 8.71. The van der Waals surface area contributed by atoms with Crippen molar-refractivity contribution >= 4 is 29.6 Å². The number of halogens is 1. The van der Waals surface area contributed by atoms with Crippen LogP contribution < -0.4 is 5.32 Å². The van der Waals surface area contributed by atoms with E-state index in [1.54, 1.807) is 48.5 Å². The molecule has 0 spiro atoms. The third kappa shape index (κ3) is 6.22. The molecule has 0 aromatic heterocycles. The number of hydrogen-bond donors (Lipinski definition) is 2. The zero-order chi connectivity index (χ0) is 21.4. The van der Waals surface area contributed by atoms with Gasteiger partial charge in [0.15, 0.2) is 0 Å². The van der Waals surface area contributed by atoms with Gasteiger partial charge < -0.3 is 19.9 Å². The van der Waals surface area contributed by atoms with Gasteiger partial charge in [0.05, 0.1) is 5.54 Å². The molecule has 153 valence electrons. The number of carbonyl (C=O) groups excluding carboxylic acids is 2. The Balaban J connectivity index is 2.47. The number of amides is 1. The fraction of sp³-hybridized carbons (Fsp3) is 0.238. The summed E-state index contributed by atoms with van der Waals surface area (Å²) in [4.78, 5) is 34.6. The highest BCUT2D eigenvalue weighted by Crippen LogP contribution is 2.35. The van der Waals surface area contributed by atoms with Crippen LogP contribution in [0.3, 0.4) is 0 Å². The molecule has 0 heterocycles. The predicted molar refractivity (Wildman–Crippen MR) is 106 cm³/mol. The van der Waals surface area contributed by atoms with E-state index in [-0.39, 0.29) is 12.8 Å². The Morgan fingerprint density at radius 3 is 2.10 bits per heavy atom. The standard InChI is InChI=1S/C21H21ClNO6/c1-14-3-5-16(6-4-14)21(12-11-19(25)26,17-7-9-18(22)10-8-17)23-20(27)29-13-28-15(2)24/h3-10H,1,11-13H2,2H3,(H,23,27)(H,25,26). The number of rotatable bonds is 8. The highest BCUT2D eigenvalue weighted by atomic mass is 35.5. The Kier molecular flexibility index (Phi) is 7.61. The first-order chi connectivity index (χ1) is 13.7. The van der Waals surface area contributed by atoms with Crippen molar-refractivity contribution in [1.82, 2.24) is 5.32 Å². The van der Waals surface area contributed by atoms with Gasteiger partial charge in [-0.3, -0.25) is 9.59 Å². The van der Waals surface area contributed by atoms with Gasteiger partial charge in [-0.15, -0.1) is 0 Å². The number of benzene rings is 2. The highest BCUT2D eigenvalue weighted by Gasteiger charge is 2.37. The van der Waals surface area contributed by atoms with Crippen LogP contribution in [0.15, 0.2) is 48.5 Å². The lowest BCUT2D eigenvalue weighted by atomic mass is 9.79. The van der Waals surface area contributed by atoms with E-state index in [0.29, 0.717) is 16.1 Å². The van der Waals surface area contributed by atoms with Crippen molar-refractivity contribution in [3.8, 4) is 0 Å². The van der Waals surface area contributed by atoms with Crippen molar-refractivity contribution in [3.63, 3.8) is 0 Å². The van der Waals surface area contributed by atoms with Gasteiger partial charge in [-0.2, -0.15) is 0 Å². The molecule has 2 aromatic rings. The lowest BCUT2D eigenvalue weighted by molar-refractivity contribution is -0.149. The van der Waals surface area contributed by atoms with Gasteiger partial charge >= 0.3 is 18.0 Å².